The number of aryl methyl sites for hydroxylation is 2. The number of carbonyl (C=O) groups excluding carboxylic acids is 1. The van der Waals surface area contributed by atoms with Crippen molar-refractivity contribution in [3.63, 3.8) is 0 Å². The van der Waals surface area contributed by atoms with Gasteiger partial charge in [-0.2, -0.15) is 0 Å². The van der Waals surface area contributed by atoms with Crippen LogP contribution in [0.4, 0.5) is 0 Å². The molecule has 25 heavy (non-hydrogen) atoms. The molecule has 0 bridgehead atoms. The molecule has 1 amide bonds. The van der Waals surface area contributed by atoms with E-state index in [1.165, 1.54) is 36.4 Å². The van der Waals surface area contributed by atoms with Gasteiger partial charge >= 0.3 is 0 Å². The lowest BCUT2D eigenvalue weighted by Gasteiger charge is -2.22. The second-order valence-electron chi connectivity index (χ2n) is 6.25. The van der Waals surface area contributed by atoms with E-state index < -0.39 is 0 Å². The minimum Gasteiger partial charge on any atom is -0.339 e. The SMILES string of the molecule is O=C(NC(c1ccc2c(c1)CCCC2)c1cccs1)c1cnccn1. The quantitative estimate of drug-likeness (QED) is 0.776. The maximum atomic E-state index is 12.6. The average Bonchev–Trinajstić information content (AvgIpc) is 3.20. The maximum Gasteiger partial charge on any atom is 0.272 e. The van der Waals surface area contributed by atoms with E-state index in [0.717, 1.165) is 23.3 Å². The molecule has 4 nitrogen and oxygen atoms in total. The number of benzene rings is 1. The second-order valence-corrected chi connectivity index (χ2v) is 7.23. The lowest BCUT2D eigenvalue weighted by molar-refractivity contribution is 0.0938. The molecule has 0 radical (unpaired) electrons. The van der Waals surface area contributed by atoms with Gasteiger partial charge < -0.3 is 5.32 Å². The average molecular weight is 349 g/mol. The molecule has 5 heteroatoms. The lowest BCUT2D eigenvalue weighted by Crippen LogP contribution is -2.29. The van der Waals surface area contributed by atoms with Crippen LogP contribution in [0.3, 0.4) is 0 Å². The molecule has 1 N–H and O–H groups in total. The molecule has 0 saturated heterocycles. The minimum atomic E-state index is -0.204. The fourth-order valence-electron chi connectivity index (χ4n) is 3.33. The first-order chi connectivity index (χ1) is 12.3. The van der Waals surface area contributed by atoms with E-state index in [-0.39, 0.29) is 11.9 Å². The zero-order valence-electron chi connectivity index (χ0n) is 13.8. The molecular formula is C20H19N3OS. The molecule has 1 unspecified atom stereocenters. The molecule has 2 aromatic heterocycles. The van der Waals surface area contributed by atoms with E-state index in [9.17, 15) is 4.79 Å². The third-order valence-corrected chi connectivity index (χ3v) is 5.54. The van der Waals surface area contributed by atoms with Crippen LogP contribution in [-0.2, 0) is 12.8 Å². The van der Waals surface area contributed by atoms with Gasteiger partial charge in [0.15, 0.2) is 0 Å². The van der Waals surface area contributed by atoms with Crippen LogP contribution in [0.25, 0.3) is 0 Å². The van der Waals surface area contributed by atoms with E-state index in [4.69, 9.17) is 0 Å². The highest BCUT2D eigenvalue weighted by Crippen LogP contribution is 2.30. The van der Waals surface area contributed by atoms with Crippen molar-refractivity contribution in [1.82, 2.24) is 15.3 Å². The zero-order valence-corrected chi connectivity index (χ0v) is 14.6. The molecule has 1 aliphatic rings. The summed E-state index contributed by atoms with van der Waals surface area (Å²) in [6.07, 6.45) is 9.39. The highest BCUT2D eigenvalue weighted by molar-refractivity contribution is 7.10. The first-order valence-corrected chi connectivity index (χ1v) is 9.41. The van der Waals surface area contributed by atoms with E-state index in [1.807, 2.05) is 11.4 Å². The van der Waals surface area contributed by atoms with Crippen LogP contribution in [0.2, 0.25) is 0 Å². The van der Waals surface area contributed by atoms with Gasteiger partial charge in [-0.25, -0.2) is 4.98 Å². The topological polar surface area (TPSA) is 54.9 Å². The van der Waals surface area contributed by atoms with Crippen molar-refractivity contribution in [2.24, 2.45) is 0 Å². The Morgan fingerprint density at radius 3 is 2.76 bits per heavy atom. The monoisotopic (exact) mass is 349 g/mol. The molecule has 4 rings (SSSR count). The Morgan fingerprint density at radius 1 is 1.12 bits per heavy atom. The Bertz CT molecular complexity index is 862. The molecule has 0 saturated carbocycles. The molecule has 2 heterocycles. The number of nitrogens with zero attached hydrogens (tertiary/aromatic N) is 2. The van der Waals surface area contributed by atoms with Crippen molar-refractivity contribution >= 4 is 17.2 Å². The van der Waals surface area contributed by atoms with Gasteiger partial charge in [0, 0.05) is 17.3 Å². The minimum absolute atomic E-state index is 0.165. The number of hydrogen-bond donors (Lipinski definition) is 1. The maximum absolute atomic E-state index is 12.6. The summed E-state index contributed by atoms with van der Waals surface area (Å²) in [5.41, 5.74) is 4.32. The number of fused-ring (bicyclic) bond motifs is 1. The van der Waals surface area contributed by atoms with Crippen LogP contribution < -0.4 is 5.32 Å². The van der Waals surface area contributed by atoms with Crippen molar-refractivity contribution in [3.8, 4) is 0 Å². The lowest BCUT2D eigenvalue weighted by atomic mass is 9.89. The number of carbonyl (C=O) groups is 1. The van der Waals surface area contributed by atoms with Gasteiger partial charge in [0.25, 0.3) is 5.91 Å². The van der Waals surface area contributed by atoms with Crippen molar-refractivity contribution < 1.29 is 4.79 Å². The Morgan fingerprint density at radius 2 is 2.00 bits per heavy atom. The Hall–Kier alpha value is -2.53. The highest BCUT2D eigenvalue weighted by atomic mass is 32.1. The third-order valence-electron chi connectivity index (χ3n) is 4.60. The summed E-state index contributed by atoms with van der Waals surface area (Å²) >= 11 is 1.65. The summed E-state index contributed by atoms with van der Waals surface area (Å²) in [4.78, 5) is 21.8. The molecule has 3 aromatic rings. The van der Waals surface area contributed by atoms with Gasteiger partial charge in [-0.1, -0.05) is 24.3 Å². The third kappa shape index (κ3) is 3.46. The van der Waals surface area contributed by atoms with Gasteiger partial charge in [-0.3, -0.25) is 9.78 Å². The van der Waals surface area contributed by atoms with Crippen molar-refractivity contribution in [2.75, 3.05) is 0 Å². The summed E-state index contributed by atoms with van der Waals surface area (Å²) in [6, 6.07) is 10.5. The largest absolute Gasteiger partial charge is 0.339 e. The molecule has 1 aromatic carbocycles. The van der Waals surface area contributed by atoms with E-state index in [2.05, 4.69) is 39.6 Å². The number of aromatic nitrogens is 2. The number of nitrogens with one attached hydrogen (secondary N) is 1. The molecule has 1 aliphatic carbocycles. The first-order valence-electron chi connectivity index (χ1n) is 8.53. The van der Waals surface area contributed by atoms with Crippen LogP contribution in [0.1, 0.15) is 50.9 Å². The van der Waals surface area contributed by atoms with E-state index in [0.29, 0.717) is 5.69 Å². The fraction of sp³-hybridized carbons (Fsp3) is 0.250. The van der Waals surface area contributed by atoms with Crippen LogP contribution in [0.5, 0.6) is 0 Å². The predicted octanol–water partition coefficient (Wildman–Crippen LogP) is 3.94. The summed E-state index contributed by atoms with van der Waals surface area (Å²) in [5.74, 6) is -0.204. The zero-order chi connectivity index (χ0) is 17.1. The smallest absolute Gasteiger partial charge is 0.272 e. The summed E-state index contributed by atoms with van der Waals surface area (Å²) < 4.78 is 0. The Balaban J connectivity index is 1.66. The van der Waals surface area contributed by atoms with Crippen molar-refractivity contribution in [1.29, 1.82) is 0 Å². The first kappa shape index (κ1) is 16.0. The van der Waals surface area contributed by atoms with Gasteiger partial charge in [-0.15, -0.1) is 11.3 Å². The van der Waals surface area contributed by atoms with E-state index >= 15 is 0 Å². The number of hydrogen-bond acceptors (Lipinski definition) is 4. The van der Waals surface area contributed by atoms with Crippen LogP contribution in [-0.4, -0.2) is 15.9 Å². The van der Waals surface area contributed by atoms with Gasteiger partial charge in [-0.05, 0) is 53.8 Å². The predicted molar refractivity (Wildman–Crippen MR) is 98.7 cm³/mol. The van der Waals surface area contributed by atoms with Crippen molar-refractivity contribution in [3.05, 3.63) is 81.6 Å². The molecule has 126 valence electrons. The van der Waals surface area contributed by atoms with E-state index in [1.54, 1.807) is 17.5 Å². The number of rotatable bonds is 4. The summed E-state index contributed by atoms with van der Waals surface area (Å²) in [7, 11) is 0. The van der Waals surface area contributed by atoms with Gasteiger partial charge in [0.1, 0.15) is 5.69 Å². The molecule has 0 spiro atoms. The summed E-state index contributed by atoms with van der Waals surface area (Å²) in [6.45, 7) is 0. The Labute approximate surface area is 151 Å². The fourth-order valence-corrected chi connectivity index (χ4v) is 4.13. The Kier molecular flexibility index (Phi) is 4.57. The summed E-state index contributed by atoms with van der Waals surface area (Å²) in [5, 5.41) is 5.16. The number of thiophene rings is 1. The van der Waals surface area contributed by atoms with Gasteiger partial charge in [0.2, 0.25) is 0 Å². The molecule has 0 aliphatic heterocycles. The second kappa shape index (κ2) is 7.15. The molecule has 1 atom stereocenters. The molecule has 0 fully saturated rings. The van der Waals surface area contributed by atoms with Crippen LogP contribution >= 0.6 is 11.3 Å². The molecular weight excluding hydrogens is 330 g/mol. The number of amides is 1. The van der Waals surface area contributed by atoms with Crippen LogP contribution in [0, 0.1) is 0 Å². The van der Waals surface area contributed by atoms with Crippen molar-refractivity contribution in [2.45, 2.75) is 31.7 Å². The highest BCUT2D eigenvalue weighted by Gasteiger charge is 2.21. The van der Waals surface area contributed by atoms with Gasteiger partial charge in [0.05, 0.1) is 12.2 Å². The normalized spacial score (nSPS) is 14.6. The standard InChI is InChI=1S/C20H19N3OS/c24-20(17-13-21-9-10-22-17)23-19(18-6-3-11-25-18)16-8-7-14-4-1-2-5-15(14)12-16/h3,6-13,19H,1-2,4-5H2,(H,23,24). The van der Waals surface area contributed by atoms with Crippen LogP contribution in [0.15, 0.2) is 54.3 Å².